The van der Waals surface area contributed by atoms with Crippen LogP contribution in [0.25, 0.3) is 0 Å². The number of aromatic amines is 1. The van der Waals surface area contributed by atoms with Crippen molar-refractivity contribution in [2.24, 2.45) is 0 Å². The highest BCUT2D eigenvalue weighted by atomic mass is 127. The van der Waals surface area contributed by atoms with Gasteiger partial charge in [-0.25, -0.2) is 4.98 Å². The molecule has 0 aromatic carbocycles. The monoisotopic (exact) mass is 319 g/mol. The maximum absolute atomic E-state index is 11.4. The quantitative estimate of drug-likeness (QED) is 0.768. The Morgan fingerprint density at radius 2 is 2.00 bits per heavy atom. The Labute approximate surface area is 100 Å². The highest BCUT2D eigenvalue weighted by Gasteiger charge is 2.20. The number of hydrogen-bond acceptors (Lipinski definition) is 4. The van der Waals surface area contributed by atoms with Gasteiger partial charge in [0.15, 0.2) is 0 Å². The standard InChI is InChI=1S/C9H10IN3O2/c10-7-8(11-5-12-9(7)15)13-3-1-6(14)2-4-13/h5H,1-4H2,(H,11,12,15). The zero-order valence-corrected chi connectivity index (χ0v) is 10.2. The summed E-state index contributed by atoms with van der Waals surface area (Å²) >= 11 is 1.98. The number of Topliss-reactive ketones (excluding diaryl/α,β-unsaturated/α-hetero) is 1. The number of nitrogens with one attached hydrogen (secondary N) is 1. The van der Waals surface area contributed by atoms with Gasteiger partial charge in [-0.15, -0.1) is 0 Å². The first-order valence-electron chi connectivity index (χ1n) is 4.68. The number of aromatic nitrogens is 2. The van der Waals surface area contributed by atoms with Gasteiger partial charge in [-0.05, 0) is 22.6 Å². The molecule has 2 rings (SSSR count). The van der Waals surface area contributed by atoms with E-state index in [9.17, 15) is 9.59 Å². The van der Waals surface area contributed by atoms with Crippen molar-refractivity contribution in [3.05, 3.63) is 20.3 Å². The molecule has 1 aromatic rings. The number of carbonyl (C=O) groups is 1. The first kappa shape index (κ1) is 10.6. The van der Waals surface area contributed by atoms with E-state index in [-0.39, 0.29) is 11.3 Å². The van der Waals surface area contributed by atoms with Gasteiger partial charge in [0.25, 0.3) is 5.56 Å². The minimum absolute atomic E-state index is 0.127. The van der Waals surface area contributed by atoms with Gasteiger partial charge in [-0.3, -0.25) is 9.59 Å². The minimum Gasteiger partial charge on any atom is -0.355 e. The highest BCUT2D eigenvalue weighted by Crippen LogP contribution is 2.18. The molecule has 1 saturated heterocycles. The summed E-state index contributed by atoms with van der Waals surface area (Å²) in [5.41, 5.74) is -0.127. The van der Waals surface area contributed by atoms with Crippen LogP contribution in [0.3, 0.4) is 0 Å². The average Bonchev–Trinajstić information content (AvgIpc) is 2.24. The fraction of sp³-hybridized carbons (Fsp3) is 0.444. The number of anilines is 1. The van der Waals surface area contributed by atoms with Gasteiger partial charge >= 0.3 is 0 Å². The molecule has 0 aliphatic carbocycles. The molecule has 80 valence electrons. The van der Waals surface area contributed by atoms with Crippen LogP contribution in [-0.4, -0.2) is 28.8 Å². The van der Waals surface area contributed by atoms with Gasteiger partial charge < -0.3 is 9.88 Å². The Balaban J connectivity index is 2.26. The van der Waals surface area contributed by atoms with Gasteiger partial charge in [0, 0.05) is 25.9 Å². The molecule has 1 aliphatic heterocycles. The van der Waals surface area contributed by atoms with E-state index in [1.807, 2.05) is 27.5 Å². The van der Waals surface area contributed by atoms with Crippen molar-refractivity contribution >= 4 is 34.2 Å². The molecular weight excluding hydrogens is 309 g/mol. The molecule has 0 unspecified atom stereocenters. The Kier molecular flexibility index (Phi) is 3.03. The van der Waals surface area contributed by atoms with Crippen LogP contribution >= 0.6 is 22.6 Å². The van der Waals surface area contributed by atoms with Crippen molar-refractivity contribution in [1.82, 2.24) is 9.97 Å². The summed E-state index contributed by atoms with van der Waals surface area (Å²) < 4.78 is 0.587. The normalized spacial score (nSPS) is 16.9. The van der Waals surface area contributed by atoms with E-state index in [2.05, 4.69) is 9.97 Å². The maximum atomic E-state index is 11.4. The topological polar surface area (TPSA) is 66.1 Å². The molecule has 1 aromatic heterocycles. The summed E-state index contributed by atoms with van der Waals surface area (Å²) in [6.07, 6.45) is 2.49. The molecule has 5 nitrogen and oxygen atoms in total. The van der Waals surface area contributed by atoms with E-state index in [4.69, 9.17) is 0 Å². The van der Waals surface area contributed by atoms with Gasteiger partial charge in [-0.2, -0.15) is 0 Å². The summed E-state index contributed by atoms with van der Waals surface area (Å²) in [5, 5.41) is 0. The summed E-state index contributed by atoms with van der Waals surface area (Å²) in [5.74, 6) is 0.970. The number of rotatable bonds is 1. The van der Waals surface area contributed by atoms with Crippen LogP contribution in [0.4, 0.5) is 5.82 Å². The van der Waals surface area contributed by atoms with Crippen molar-refractivity contribution in [3.63, 3.8) is 0 Å². The largest absolute Gasteiger partial charge is 0.355 e. The lowest BCUT2D eigenvalue weighted by Gasteiger charge is -2.27. The Hall–Kier alpha value is -0.920. The number of ketones is 1. The molecular formula is C9H10IN3O2. The van der Waals surface area contributed by atoms with Crippen molar-refractivity contribution in [2.45, 2.75) is 12.8 Å². The van der Waals surface area contributed by atoms with E-state index in [0.717, 1.165) is 0 Å². The van der Waals surface area contributed by atoms with Crippen LogP contribution in [0, 0.1) is 3.57 Å². The minimum atomic E-state index is -0.127. The Morgan fingerprint density at radius 1 is 1.33 bits per heavy atom. The SMILES string of the molecule is O=C1CCN(c2nc[nH]c(=O)c2I)CC1. The van der Waals surface area contributed by atoms with E-state index in [1.54, 1.807) is 0 Å². The Morgan fingerprint density at radius 3 is 2.67 bits per heavy atom. The third-order valence-electron chi connectivity index (χ3n) is 2.40. The van der Waals surface area contributed by atoms with E-state index < -0.39 is 0 Å². The maximum Gasteiger partial charge on any atom is 0.266 e. The van der Waals surface area contributed by atoms with Crippen LogP contribution in [0.1, 0.15) is 12.8 Å². The smallest absolute Gasteiger partial charge is 0.266 e. The second-order valence-corrected chi connectivity index (χ2v) is 4.47. The molecule has 2 heterocycles. The zero-order valence-electron chi connectivity index (χ0n) is 7.99. The van der Waals surface area contributed by atoms with Crippen LogP contribution < -0.4 is 10.5 Å². The van der Waals surface area contributed by atoms with Crippen LogP contribution in [0.2, 0.25) is 0 Å². The predicted molar refractivity (Wildman–Crippen MR) is 64.0 cm³/mol. The van der Waals surface area contributed by atoms with E-state index in [1.165, 1.54) is 6.33 Å². The number of carbonyl (C=O) groups excluding carboxylic acids is 1. The summed E-state index contributed by atoms with van der Waals surface area (Å²) in [6, 6.07) is 0. The first-order chi connectivity index (χ1) is 7.18. The summed E-state index contributed by atoms with van der Waals surface area (Å²) in [7, 11) is 0. The Bertz CT molecular complexity index is 433. The van der Waals surface area contributed by atoms with E-state index >= 15 is 0 Å². The first-order valence-corrected chi connectivity index (χ1v) is 5.76. The van der Waals surface area contributed by atoms with Crippen molar-refractivity contribution in [3.8, 4) is 0 Å². The number of H-pyrrole nitrogens is 1. The second kappa shape index (κ2) is 4.30. The predicted octanol–water partition coefficient (Wildman–Crippen LogP) is 0.544. The molecule has 0 radical (unpaired) electrons. The third kappa shape index (κ3) is 2.19. The van der Waals surface area contributed by atoms with Crippen LogP contribution in [0.5, 0.6) is 0 Å². The summed E-state index contributed by atoms with van der Waals surface area (Å²) in [4.78, 5) is 31.1. The van der Waals surface area contributed by atoms with Gasteiger partial charge in [-0.1, -0.05) is 0 Å². The second-order valence-electron chi connectivity index (χ2n) is 3.39. The molecule has 0 atom stereocenters. The molecule has 6 heteroatoms. The van der Waals surface area contributed by atoms with Crippen LogP contribution in [-0.2, 0) is 4.79 Å². The fourth-order valence-corrected chi connectivity index (χ4v) is 2.20. The zero-order chi connectivity index (χ0) is 10.8. The van der Waals surface area contributed by atoms with Crippen molar-refractivity contribution in [1.29, 1.82) is 0 Å². The number of halogens is 1. The lowest BCUT2D eigenvalue weighted by molar-refractivity contribution is -0.119. The molecule has 1 N–H and O–H groups in total. The lowest BCUT2D eigenvalue weighted by atomic mass is 10.1. The van der Waals surface area contributed by atoms with Gasteiger partial charge in [0.1, 0.15) is 15.2 Å². The molecule has 0 saturated carbocycles. The summed E-state index contributed by atoms with van der Waals surface area (Å²) in [6.45, 7) is 1.32. The lowest BCUT2D eigenvalue weighted by Crippen LogP contribution is -2.36. The highest BCUT2D eigenvalue weighted by molar-refractivity contribution is 14.1. The number of piperidine rings is 1. The van der Waals surface area contributed by atoms with Gasteiger partial charge in [0.2, 0.25) is 0 Å². The fourth-order valence-electron chi connectivity index (χ4n) is 1.56. The molecule has 0 spiro atoms. The van der Waals surface area contributed by atoms with Crippen molar-refractivity contribution < 1.29 is 4.79 Å². The molecule has 1 fully saturated rings. The molecule has 0 amide bonds. The number of nitrogens with zero attached hydrogens (tertiary/aromatic N) is 2. The van der Waals surface area contributed by atoms with Crippen molar-refractivity contribution in [2.75, 3.05) is 18.0 Å². The molecule has 0 bridgehead atoms. The third-order valence-corrected chi connectivity index (χ3v) is 3.37. The van der Waals surface area contributed by atoms with Crippen LogP contribution in [0.15, 0.2) is 11.1 Å². The average molecular weight is 319 g/mol. The molecule has 1 aliphatic rings. The van der Waals surface area contributed by atoms with Gasteiger partial charge in [0.05, 0.1) is 6.33 Å². The van der Waals surface area contributed by atoms with E-state index in [0.29, 0.717) is 35.3 Å². The molecule has 15 heavy (non-hydrogen) atoms. The number of hydrogen-bond donors (Lipinski definition) is 1.